The topological polar surface area (TPSA) is 119 Å². The summed E-state index contributed by atoms with van der Waals surface area (Å²) >= 11 is 0. The SMILES string of the molecule is CC(C)COC(=O)C(CCCC(N)C(=O)O)NC(=O)C(F)(F)C(F)(F)C(F)(F)F. The molecule has 4 N–H and O–H groups in total. The Balaban J connectivity index is 5.38. The lowest BCUT2D eigenvalue weighted by atomic mass is 10.0. The lowest BCUT2D eigenvalue weighted by Crippen LogP contribution is -2.61. The fraction of sp³-hybridized carbons (Fsp3) is 0.800. The lowest BCUT2D eigenvalue weighted by Gasteiger charge is -2.28. The van der Waals surface area contributed by atoms with Gasteiger partial charge in [0.2, 0.25) is 0 Å². The summed E-state index contributed by atoms with van der Waals surface area (Å²) in [6.45, 7) is 2.92. The highest BCUT2D eigenvalue weighted by Gasteiger charge is 2.76. The smallest absolute Gasteiger partial charge is 0.460 e. The van der Waals surface area contributed by atoms with Crippen LogP contribution < -0.4 is 11.1 Å². The zero-order valence-corrected chi connectivity index (χ0v) is 15.4. The summed E-state index contributed by atoms with van der Waals surface area (Å²) in [6.07, 6.45) is -7.88. The minimum atomic E-state index is -6.73. The monoisotopic (exact) mass is 442 g/mol. The summed E-state index contributed by atoms with van der Waals surface area (Å²) < 4.78 is 94.1. The van der Waals surface area contributed by atoms with Crippen molar-refractivity contribution in [3.05, 3.63) is 0 Å². The molecule has 29 heavy (non-hydrogen) atoms. The predicted molar refractivity (Wildman–Crippen MR) is 83.1 cm³/mol. The summed E-state index contributed by atoms with van der Waals surface area (Å²) in [6, 6.07) is -3.42. The second kappa shape index (κ2) is 10.1. The molecule has 14 heteroatoms. The van der Waals surface area contributed by atoms with Crippen molar-refractivity contribution >= 4 is 17.8 Å². The van der Waals surface area contributed by atoms with Gasteiger partial charge in [-0.25, -0.2) is 4.79 Å². The molecule has 0 fully saturated rings. The summed E-state index contributed by atoms with van der Waals surface area (Å²) in [4.78, 5) is 34.0. The average molecular weight is 442 g/mol. The quantitative estimate of drug-likeness (QED) is 0.333. The Hall–Kier alpha value is -2.12. The molecule has 0 aromatic rings. The van der Waals surface area contributed by atoms with Gasteiger partial charge in [0.1, 0.15) is 12.1 Å². The predicted octanol–water partition coefficient (Wildman–Crippen LogP) is 2.09. The number of alkyl halides is 7. The van der Waals surface area contributed by atoms with Gasteiger partial charge in [0.15, 0.2) is 0 Å². The van der Waals surface area contributed by atoms with Gasteiger partial charge < -0.3 is 20.9 Å². The van der Waals surface area contributed by atoms with Crippen LogP contribution in [0.5, 0.6) is 0 Å². The van der Waals surface area contributed by atoms with Crippen LogP contribution in [0.15, 0.2) is 0 Å². The molecule has 0 aliphatic rings. The van der Waals surface area contributed by atoms with Crippen LogP contribution >= 0.6 is 0 Å². The number of carbonyl (C=O) groups excluding carboxylic acids is 2. The molecule has 0 rings (SSSR count). The van der Waals surface area contributed by atoms with Gasteiger partial charge in [-0.05, 0) is 25.2 Å². The van der Waals surface area contributed by atoms with E-state index in [0.717, 1.165) is 5.32 Å². The van der Waals surface area contributed by atoms with E-state index < -0.39 is 54.4 Å². The number of halogens is 7. The van der Waals surface area contributed by atoms with Gasteiger partial charge in [-0.2, -0.15) is 30.7 Å². The molecule has 0 radical (unpaired) electrons. The first-order valence-electron chi connectivity index (χ1n) is 8.23. The number of hydrogen-bond donors (Lipinski definition) is 3. The number of nitrogens with one attached hydrogen (secondary N) is 1. The Morgan fingerprint density at radius 2 is 1.55 bits per heavy atom. The third kappa shape index (κ3) is 7.33. The Labute approximate surface area is 160 Å². The minimum absolute atomic E-state index is 0.244. The average Bonchev–Trinajstić information content (AvgIpc) is 2.56. The van der Waals surface area contributed by atoms with Crippen LogP contribution in [-0.4, -0.2) is 59.7 Å². The molecule has 170 valence electrons. The van der Waals surface area contributed by atoms with Gasteiger partial charge in [-0.3, -0.25) is 9.59 Å². The minimum Gasteiger partial charge on any atom is -0.480 e. The van der Waals surface area contributed by atoms with E-state index in [-0.39, 0.29) is 25.4 Å². The summed E-state index contributed by atoms with van der Waals surface area (Å²) in [5.41, 5.74) is 5.21. The maximum Gasteiger partial charge on any atom is 0.460 e. The largest absolute Gasteiger partial charge is 0.480 e. The van der Waals surface area contributed by atoms with E-state index in [1.165, 1.54) is 0 Å². The summed E-state index contributed by atoms with van der Waals surface area (Å²) in [5.74, 6) is -19.0. The molecule has 7 nitrogen and oxygen atoms in total. The van der Waals surface area contributed by atoms with Crippen LogP contribution in [0.2, 0.25) is 0 Å². The molecule has 0 bridgehead atoms. The van der Waals surface area contributed by atoms with Crippen LogP contribution in [0.4, 0.5) is 30.7 Å². The summed E-state index contributed by atoms with van der Waals surface area (Å²) in [5, 5.41) is 9.77. The van der Waals surface area contributed by atoms with Crippen molar-refractivity contribution in [3.8, 4) is 0 Å². The van der Waals surface area contributed by atoms with Crippen molar-refractivity contribution in [2.45, 2.75) is 63.2 Å². The van der Waals surface area contributed by atoms with E-state index in [4.69, 9.17) is 10.8 Å². The van der Waals surface area contributed by atoms with Gasteiger partial charge >= 0.3 is 30.0 Å². The van der Waals surface area contributed by atoms with E-state index in [1.807, 2.05) is 0 Å². The highest BCUT2D eigenvalue weighted by molar-refractivity contribution is 5.89. The standard InChI is InChI=1S/C15H21F7N2O5/c1-7(2)6-29-11(27)9(5-3-4-8(23)10(25)26)24-12(28)13(16,17)14(18,19)15(20,21)22/h7-9H,3-6,23H2,1-2H3,(H,24,28)(H,25,26). The van der Waals surface area contributed by atoms with Crippen molar-refractivity contribution in [2.24, 2.45) is 11.7 Å². The maximum absolute atomic E-state index is 13.5. The number of aliphatic carboxylic acids is 1. The second-order valence-corrected chi connectivity index (χ2v) is 6.57. The molecule has 0 aliphatic heterocycles. The van der Waals surface area contributed by atoms with E-state index in [2.05, 4.69) is 4.74 Å². The first kappa shape index (κ1) is 26.9. The number of ether oxygens (including phenoxy) is 1. The molecule has 2 atom stereocenters. The Morgan fingerprint density at radius 3 is 1.97 bits per heavy atom. The van der Waals surface area contributed by atoms with Crippen molar-refractivity contribution < 1.29 is 55.0 Å². The molecular weight excluding hydrogens is 421 g/mol. The van der Waals surface area contributed by atoms with Crippen LogP contribution in [0.1, 0.15) is 33.1 Å². The van der Waals surface area contributed by atoms with Crippen molar-refractivity contribution in [1.29, 1.82) is 0 Å². The van der Waals surface area contributed by atoms with Crippen LogP contribution in [-0.2, 0) is 19.1 Å². The fourth-order valence-corrected chi connectivity index (χ4v) is 1.83. The first-order valence-corrected chi connectivity index (χ1v) is 8.23. The number of carboxylic acid groups (broad SMARTS) is 1. The second-order valence-electron chi connectivity index (χ2n) is 6.57. The highest BCUT2D eigenvalue weighted by Crippen LogP contribution is 2.46. The number of hydrogen-bond acceptors (Lipinski definition) is 5. The number of carboxylic acids is 1. The molecule has 2 unspecified atom stereocenters. The van der Waals surface area contributed by atoms with Crippen LogP contribution in [0.25, 0.3) is 0 Å². The Morgan fingerprint density at radius 1 is 1.03 bits per heavy atom. The molecule has 0 saturated heterocycles. The molecule has 0 saturated carbocycles. The van der Waals surface area contributed by atoms with E-state index >= 15 is 0 Å². The van der Waals surface area contributed by atoms with Gasteiger partial charge in [0.25, 0.3) is 5.91 Å². The molecule has 0 aromatic heterocycles. The van der Waals surface area contributed by atoms with Gasteiger partial charge in [0.05, 0.1) is 6.61 Å². The molecule has 0 heterocycles. The summed E-state index contributed by atoms with van der Waals surface area (Å²) in [7, 11) is 0. The lowest BCUT2D eigenvalue weighted by molar-refractivity contribution is -0.344. The van der Waals surface area contributed by atoms with Crippen LogP contribution in [0.3, 0.4) is 0 Å². The number of carbonyl (C=O) groups is 3. The van der Waals surface area contributed by atoms with Crippen molar-refractivity contribution in [1.82, 2.24) is 5.32 Å². The van der Waals surface area contributed by atoms with Gasteiger partial charge in [-0.15, -0.1) is 0 Å². The van der Waals surface area contributed by atoms with Crippen LogP contribution in [0, 0.1) is 5.92 Å². The van der Waals surface area contributed by atoms with E-state index in [1.54, 1.807) is 13.8 Å². The third-order valence-electron chi connectivity index (χ3n) is 3.51. The molecule has 0 aliphatic carbocycles. The van der Waals surface area contributed by atoms with E-state index in [9.17, 15) is 45.1 Å². The Kier molecular flexibility index (Phi) is 9.34. The van der Waals surface area contributed by atoms with Gasteiger partial charge in [-0.1, -0.05) is 13.8 Å². The van der Waals surface area contributed by atoms with E-state index in [0.29, 0.717) is 0 Å². The van der Waals surface area contributed by atoms with Crippen molar-refractivity contribution in [3.63, 3.8) is 0 Å². The molecule has 1 amide bonds. The number of rotatable bonds is 11. The molecule has 0 aromatic carbocycles. The zero-order chi connectivity index (χ0) is 23.2. The normalized spacial score (nSPS) is 15.0. The number of amides is 1. The van der Waals surface area contributed by atoms with Gasteiger partial charge in [0, 0.05) is 0 Å². The zero-order valence-electron chi connectivity index (χ0n) is 15.4. The Bertz CT molecular complexity index is 596. The number of nitrogens with two attached hydrogens (primary N) is 1. The third-order valence-corrected chi connectivity index (χ3v) is 3.51. The fourth-order valence-electron chi connectivity index (χ4n) is 1.83. The van der Waals surface area contributed by atoms with Crippen molar-refractivity contribution in [2.75, 3.05) is 6.61 Å². The maximum atomic E-state index is 13.5. The first-order chi connectivity index (χ1) is 12.9. The molecular formula is C15H21F7N2O5. The number of esters is 1. The molecule has 0 spiro atoms. The highest BCUT2D eigenvalue weighted by atomic mass is 19.4.